The lowest BCUT2D eigenvalue weighted by Gasteiger charge is -2.05. The second-order valence-electron chi connectivity index (χ2n) is 5.25. The summed E-state index contributed by atoms with van der Waals surface area (Å²) >= 11 is 0. The van der Waals surface area contributed by atoms with Gasteiger partial charge in [0.05, 0.1) is 17.6 Å². The van der Waals surface area contributed by atoms with Crippen LogP contribution in [0.3, 0.4) is 0 Å². The third kappa shape index (κ3) is 2.19. The number of para-hydroxylation sites is 2. The lowest BCUT2D eigenvalue weighted by molar-refractivity contribution is 0.716. The number of benzene rings is 1. The van der Waals surface area contributed by atoms with Gasteiger partial charge in [-0.3, -0.25) is 5.10 Å². The quantitative estimate of drug-likeness (QED) is 0.792. The van der Waals surface area contributed by atoms with Gasteiger partial charge in [0.25, 0.3) is 0 Å². The number of imidazole rings is 1. The lowest BCUT2D eigenvalue weighted by Crippen LogP contribution is -2.06. The summed E-state index contributed by atoms with van der Waals surface area (Å²) < 4.78 is 2.21. The minimum atomic E-state index is 0.338. The summed E-state index contributed by atoms with van der Waals surface area (Å²) in [5.41, 5.74) is 2.18. The molecule has 0 saturated heterocycles. The predicted molar refractivity (Wildman–Crippen MR) is 78.7 cm³/mol. The number of aryl methyl sites for hydroxylation is 1. The molecule has 0 spiro atoms. The summed E-state index contributed by atoms with van der Waals surface area (Å²) in [5, 5.41) is 7.29. The van der Waals surface area contributed by atoms with Crippen LogP contribution in [0.2, 0.25) is 0 Å². The van der Waals surface area contributed by atoms with Crippen LogP contribution in [0.15, 0.2) is 24.3 Å². The van der Waals surface area contributed by atoms with Crippen molar-refractivity contribution in [2.75, 3.05) is 0 Å². The van der Waals surface area contributed by atoms with Gasteiger partial charge in [0.15, 0.2) is 5.82 Å². The molecule has 0 atom stereocenters. The normalized spacial score (nSPS) is 11.6. The third-order valence-corrected chi connectivity index (χ3v) is 3.42. The SMILES string of the molecule is CCc1nc2ccccc2n1Cc1nc(C(C)C)n[nH]1. The zero-order valence-corrected chi connectivity index (χ0v) is 12.1. The van der Waals surface area contributed by atoms with E-state index in [-0.39, 0.29) is 0 Å². The van der Waals surface area contributed by atoms with Crippen LogP contribution < -0.4 is 0 Å². The van der Waals surface area contributed by atoms with Crippen molar-refractivity contribution < 1.29 is 0 Å². The molecule has 2 heterocycles. The van der Waals surface area contributed by atoms with Crippen LogP contribution in [0.5, 0.6) is 0 Å². The third-order valence-electron chi connectivity index (χ3n) is 3.42. The first-order chi connectivity index (χ1) is 9.69. The second kappa shape index (κ2) is 5.07. The second-order valence-corrected chi connectivity index (χ2v) is 5.25. The average Bonchev–Trinajstić information content (AvgIpc) is 3.04. The maximum absolute atomic E-state index is 4.67. The van der Waals surface area contributed by atoms with Gasteiger partial charge in [0.2, 0.25) is 0 Å². The zero-order chi connectivity index (χ0) is 14.1. The van der Waals surface area contributed by atoms with Gasteiger partial charge in [0, 0.05) is 12.3 Å². The summed E-state index contributed by atoms with van der Waals surface area (Å²) in [5.74, 6) is 3.16. The van der Waals surface area contributed by atoms with Gasteiger partial charge in [-0.05, 0) is 12.1 Å². The summed E-state index contributed by atoms with van der Waals surface area (Å²) in [6, 6.07) is 8.20. The summed E-state index contributed by atoms with van der Waals surface area (Å²) in [7, 11) is 0. The molecule has 5 nitrogen and oxygen atoms in total. The Morgan fingerprint density at radius 3 is 2.70 bits per heavy atom. The fraction of sp³-hybridized carbons (Fsp3) is 0.400. The Kier molecular flexibility index (Phi) is 3.26. The van der Waals surface area contributed by atoms with E-state index in [0.29, 0.717) is 12.5 Å². The Morgan fingerprint density at radius 1 is 1.20 bits per heavy atom. The summed E-state index contributed by atoms with van der Waals surface area (Å²) in [6.45, 7) is 7.00. The maximum atomic E-state index is 4.67. The molecular weight excluding hydrogens is 250 g/mol. The van der Waals surface area contributed by atoms with Crippen LogP contribution in [0, 0.1) is 0 Å². The highest BCUT2D eigenvalue weighted by Crippen LogP contribution is 2.18. The Balaban J connectivity index is 2.00. The first-order valence-electron chi connectivity index (χ1n) is 7.04. The first kappa shape index (κ1) is 12.8. The van der Waals surface area contributed by atoms with Crippen LogP contribution in [0.25, 0.3) is 11.0 Å². The van der Waals surface area contributed by atoms with Gasteiger partial charge in [0.1, 0.15) is 11.6 Å². The number of fused-ring (bicyclic) bond motifs is 1. The van der Waals surface area contributed by atoms with Crippen LogP contribution in [-0.2, 0) is 13.0 Å². The standard InChI is InChI=1S/C15H19N5/c1-4-14-16-11-7-5-6-8-12(11)20(14)9-13-17-15(10(2)3)19-18-13/h5-8,10H,4,9H2,1-3H3,(H,17,18,19). The van der Waals surface area contributed by atoms with Gasteiger partial charge < -0.3 is 4.57 Å². The Hall–Kier alpha value is -2.17. The minimum absolute atomic E-state index is 0.338. The molecule has 0 amide bonds. The van der Waals surface area contributed by atoms with E-state index in [1.165, 1.54) is 0 Å². The number of H-pyrrole nitrogens is 1. The van der Waals surface area contributed by atoms with Crippen molar-refractivity contribution in [2.24, 2.45) is 0 Å². The Bertz CT molecular complexity index is 723. The van der Waals surface area contributed by atoms with Gasteiger partial charge >= 0.3 is 0 Å². The van der Waals surface area contributed by atoms with Crippen LogP contribution in [0.4, 0.5) is 0 Å². The van der Waals surface area contributed by atoms with Crippen molar-refractivity contribution in [3.05, 3.63) is 41.7 Å². The fourth-order valence-corrected chi connectivity index (χ4v) is 2.36. The number of hydrogen-bond acceptors (Lipinski definition) is 3. The molecule has 0 aliphatic carbocycles. The molecule has 3 rings (SSSR count). The van der Waals surface area contributed by atoms with Gasteiger partial charge in [-0.15, -0.1) is 0 Å². The van der Waals surface area contributed by atoms with E-state index in [9.17, 15) is 0 Å². The van der Waals surface area contributed by atoms with Crippen LogP contribution >= 0.6 is 0 Å². The van der Waals surface area contributed by atoms with E-state index in [4.69, 9.17) is 0 Å². The van der Waals surface area contributed by atoms with E-state index in [0.717, 1.165) is 34.9 Å². The molecule has 1 aromatic carbocycles. The van der Waals surface area contributed by atoms with E-state index < -0.39 is 0 Å². The monoisotopic (exact) mass is 269 g/mol. The van der Waals surface area contributed by atoms with Gasteiger partial charge in [-0.2, -0.15) is 5.10 Å². The molecule has 0 radical (unpaired) electrons. The van der Waals surface area contributed by atoms with Crippen LogP contribution in [-0.4, -0.2) is 24.7 Å². The van der Waals surface area contributed by atoms with E-state index in [1.807, 2.05) is 18.2 Å². The molecule has 3 aromatic rings. The lowest BCUT2D eigenvalue weighted by atomic mass is 10.2. The average molecular weight is 269 g/mol. The molecule has 0 fully saturated rings. The molecule has 5 heteroatoms. The number of nitrogens with zero attached hydrogens (tertiary/aromatic N) is 4. The topological polar surface area (TPSA) is 59.4 Å². The number of aromatic nitrogens is 5. The molecule has 0 aliphatic rings. The number of nitrogens with one attached hydrogen (secondary N) is 1. The zero-order valence-electron chi connectivity index (χ0n) is 12.1. The highest BCUT2D eigenvalue weighted by atomic mass is 15.2. The van der Waals surface area contributed by atoms with Gasteiger partial charge in [-0.25, -0.2) is 9.97 Å². The van der Waals surface area contributed by atoms with E-state index in [1.54, 1.807) is 0 Å². The Morgan fingerprint density at radius 2 is 2.00 bits per heavy atom. The van der Waals surface area contributed by atoms with Crippen molar-refractivity contribution in [1.29, 1.82) is 0 Å². The van der Waals surface area contributed by atoms with Crippen molar-refractivity contribution in [1.82, 2.24) is 24.7 Å². The molecule has 0 aliphatic heterocycles. The van der Waals surface area contributed by atoms with Crippen LogP contribution in [0.1, 0.15) is 44.2 Å². The number of hydrogen-bond donors (Lipinski definition) is 1. The maximum Gasteiger partial charge on any atom is 0.153 e. The van der Waals surface area contributed by atoms with E-state index >= 15 is 0 Å². The molecule has 0 unspecified atom stereocenters. The molecule has 0 saturated carbocycles. The molecule has 104 valence electrons. The van der Waals surface area contributed by atoms with Crippen molar-refractivity contribution in [3.63, 3.8) is 0 Å². The highest BCUT2D eigenvalue weighted by Gasteiger charge is 2.12. The van der Waals surface area contributed by atoms with Crippen molar-refractivity contribution >= 4 is 11.0 Å². The number of rotatable bonds is 4. The predicted octanol–water partition coefficient (Wildman–Crippen LogP) is 2.89. The summed E-state index contributed by atoms with van der Waals surface area (Å²) in [6.07, 6.45) is 0.903. The number of aromatic amines is 1. The Labute approximate surface area is 118 Å². The largest absolute Gasteiger partial charge is 0.320 e. The molecule has 2 aromatic heterocycles. The van der Waals surface area contributed by atoms with E-state index in [2.05, 4.69) is 51.6 Å². The molecule has 0 bridgehead atoms. The molecular formula is C15H19N5. The highest BCUT2D eigenvalue weighted by molar-refractivity contribution is 5.75. The van der Waals surface area contributed by atoms with Crippen molar-refractivity contribution in [2.45, 2.75) is 39.7 Å². The molecule has 20 heavy (non-hydrogen) atoms. The summed E-state index contributed by atoms with van der Waals surface area (Å²) in [4.78, 5) is 9.22. The minimum Gasteiger partial charge on any atom is -0.320 e. The fourth-order valence-electron chi connectivity index (χ4n) is 2.36. The molecule has 1 N–H and O–H groups in total. The van der Waals surface area contributed by atoms with Crippen molar-refractivity contribution in [3.8, 4) is 0 Å². The van der Waals surface area contributed by atoms with Gasteiger partial charge in [-0.1, -0.05) is 32.9 Å². The first-order valence-corrected chi connectivity index (χ1v) is 7.04. The smallest absolute Gasteiger partial charge is 0.153 e.